The van der Waals surface area contributed by atoms with Gasteiger partial charge in [0.1, 0.15) is 0 Å². The van der Waals surface area contributed by atoms with Crippen LogP contribution in [-0.4, -0.2) is 72.1 Å². The van der Waals surface area contributed by atoms with Crippen LogP contribution >= 0.6 is 0 Å². The molecule has 126 valence electrons. The minimum Gasteiger partial charge on any atom is -0.450 e. The monoisotopic (exact) mass is 307 g/mol. The molecule has 0 aliphatic carbocycles. The lowest BCUT2D eigenvalue weighted by Gasteiger charge is -2.08. The van der Waals surface area contributed by atoms with Gasteiger partial charge in [0.2, 0.25) is 0 Å². The average molecular weight is 307 g/mol. The predicted molar refractivity (Wildman–Crippen MR) is 78.6 cm³/mol. The maximum Gasteiger partial charge on any atom is 0.407 e. The lowest BCUT2D eigenvalue weighted by Crippen LogP contribution is -2.28. The van der Waals surface area contributed by atoms with Gasteiger partial charge in [0.25, 0.3) is 0 Å². The van der Waals surface area contributed by atoms with Crippen molar-refractivity contribution in [3.63, 3.8) is 0 Å². The van der Waals surface area contributed by atoms with Gasteiger partial charge in [-0.15, -0.1) is 0 Å². The Balaban J connectivity index is 3.01. The Morgan fingerprint density at radius 3 is 1.71 bits per heavy atom. The Kier molecular flexibility index (Phi) is 16.4. The fourth-order valence-corrected chi connectivity index (χ4v) is 1.31. The van der Waals surface area contributed by atoms with Gasteiger partial charge in [0.05, 0.1) is 52.9 Å². The summed E-state index contributed by atoms with van der Waals surface area (Å²) in [5.41, 5.74) is 0. The quantitative estimate of drug-likeness (QED) is 0.458. The topological polar surface area (TPSA) is 75.3 Å². The van der Waals surface area contributed by atoms with Gasteiger partial charge in [0.15, 0.2) is 0 Å². The molecule has 1 N–H and O–H groups in total. The Labute approximate surface area is 127 Å². The van der Waals surface area contributed by atoms with Crippen LogP contribution in [0.1, 0.15) is 20.3 Å². The first kappa shape index (κ1) is 20.1. The van der Waals surface area contributed by atoms with Crippen LogP contribution in [0.5, 0.6) is 0 Å². The smallest absolute Gasteiger partial charge is 0.407 e. The van der Waals surface area contributed by atoms with E-state index >= 15 is 0 Å². The summed E-state index contributed by atoms with van der Waals surface area (Å²) in [7, 11) is 0. The van der Waals surface area contributed by atoms with Crippen molar-refractivity contribution in [2.45, 2.75) is 20.3 Å². The first-order valence-electron chi connectivity index (χ1n) is 7.52. The Morgan fingerprint density at radius 2 is 1.24 bits per heavy atom. The van der Waals surface area contributed by atoms with Crippen LogP contribution in [0.4, 0.5) is 4.79 Å². The Hall–Kier alpha value is -0.890. The molecule has 0 atom stereocenters. The summed E-state index contributed by atoms with van der Waals surface area (Å²) in [5.74, 6) is 0. The molecule has 21 heavy (non-hydrogen) atoms. The molecule has 0 aromatic rings. The van der Waals surface area contributed by atoms with Crippen molar-refractivity contribution in [3.05, 3.63) is 0 Å². The molecular weight excluding hydrogens is 278 g/mol. The fourth-order valence-electron chi connectivity index (χ4n) is 1.31. The molecule has 7 heteroatoms. The number of ether oxygens (including phenoxy) is 5. The van der Waals surface area contributed by atoms with Crippen molar-refractivity contribution in [3.8, 4) is 0 Å². The minimum absolute atomic E-state index is 0.368. The van der Waals surface area contributed by atoms with Crippen molar-refractivity contribution in [1.82, 2.24) is 5.32 Å². The number of carbonyl (C=O) groups is 1. The standard InChI is InChI=1S/C14H29NO6/c1-3-6-17-8-10-19-12-13-20-11-9-18-7-5-15-14(16)21-4-2/h3-13H2,1-2H3,(H,15,16). The first-order chi connectivity index (χ1) is 10.3. The number of nitrogens with one attached hydrogen (secondary N) is 1. The lowest BCUT2D eigenvalue weighted by atomic mass is 10.5. The number of rotatable bonds is 15. The second-order valence-electron chi connectivity index (χ2n) is 4.10. The molecule has 0 aromatic carbocycles. The fraction of sp³-hybridized carbons (Fsp3) is 0.929. The molecule has 0 radical (unpaired) electrons. The van der Waals surface area contributed by atoms with E-state index in [2.05, 4.69) is 12.2 Å². The van der Waals surface area contributed by atoms with E-state index < -0.39 is 6.09 Å². The molecular formula is C14H29NO6. The van der Waals surface area contributed by atoms with Gasteiger partial charge in [-0.2, -0.15) is 0 Å². The van der Waals surface area contributed by atoms with Crippen molar-refractivity contribution in [2.24, 2.45) is 0 Å². The molecule has 0 aliphatic heterocycles. The van der Waals surface area contributed by atoms with E-state index in [4.69, 9.17) is 23.7 Å². The van der Waals surface area contributed by atoms with Crippen LogP contribution in [-0.2, 0) is 23.7 Å². The number of hydrogen-bond donors (Lipinski definition) is 1. The zero-order valence-electron chi connectivity index (χ0n) is 13.2. The number of amides is 1. The molecule has 0 aromatic heterocycles. The SMILES string of the molecule is CCCOCCOCCOCCOCCNC(=O)OCC. The summed E-state index contributed by atoms with van der Waals surface area (Å²) in [5, 5.41) is 2.56. The molecule has 0 heterocycles. The van der Waals surface area contributed by atoms with Gasteiger partial charge < -0.3 is 29.0 Å². The second kappa shape index (κ2) is 17.2. The summed E-state index contributed by atoms with van der Waals surface area (Å²) < 4.78 is 25.9. The molecule has 0 bridgehead atoms. The molecule has 0 aliphatic rings. The third-order valence-electron chi connectivity index (χ3n) is 2.26. The van der Waals surface area contributed by atoms with E-state index in [9.17, 15) is 4.79 Å². The van der Waals surface area contributed by atoms with E-state index in [1.54, 1.807) is 6.92 Å². The van der Waals surface area contributed by atoms with Gasteiger partial charge in [-0.05, 0) is 13.3 Å². The minimum atomic E-state index is -0.419. The molecule has 0 unspecified atom stereocenters. The number of hydrogen-bond acceptors (Lipinski definition) is 6. The highest BCUT2D eigenvalue weighted by atomic mass is 16.6. The van der Waals surface area contributed by atoms with E-state index in [0.29, 0.717) is 59.4 Å². The van der Waals surface area contributed by atoms with Crippen LogP contribution in [0.3, 0.4) is 0 Å². The average Bonchev–Trinajstić information content (AvgIpc) is 2.48. The summed E-state index contributed by atoms with van der Waals surface area (Å²) in [6.07, 6.45) is 0.607. The molecule has 1 amide bonds. The number of alkyl carbamates (subject to hydrolysis) is 1. The van der Waals surface area contributed by atoms with E-state index in [1.807, 2.05) is 0 Å². The van der Waals surface area contributed by atoms with E-state index in [1.165, 1.54) is 0 Å². The highest BCUT2D eigenvalue weighted by molar-refractivity contribution is 5.66. The van der Waals surface area contributed by atoms with Gasteiger partial charge in [-0.1, -0.05) is 6.92 Å². The highest BCUT2D eigenvalue weighted by Crippen LogP contribution is 1.84. The molecule has 0 saturated heterocycles. The van der Waals surface area contributed by atoms with Gasteiger partial charge in [0, 0.05) is 13.2 Å². The normalized spacial score (nSPS) is 10.6. The van der Waals surface area contributed by atoms with Crippen LogP contribution in [0.25, 0.3) is 0 Å². The predicted octanol–water partition coefficient (Wildman–Crippen LogP) is 1.21. The second-order valence-corrected chi connectivity index (χ2v) is 4.10. The third-order valence-corrected chi connectivity index (χ3v) is 2.26. The highest BCUT2D eigenvalue weighted by Gasteiger charge is 1.98. The van der Waals surface area contributed by atoms with Crippen molar-refractivity contribution >= 4 is 6.09 Å². The summed E-state index contributed by atoms with van der Waals surface area (Å²) in [6.45, 7) is 9.17. The Bertz CT molecular complexity index is 228. The molecule has 0 fully saturated rings. The van der Waals surface area contributed by atoms with Crippen molar-refractivity contribution in [1.29, 1.82) is 0 Å². The van der Waals surface area contributed by atoms with Gasteiger partial charge >= 0.3 is 6.09 Å². The van der Waals surface area contributed by atoms with Gasteiger partial charge in [-0.3, -0.25) is 0 Å². The van der Waals surface area contributed by atoms with Crippen LogP contribution in [0.15, 0.2) is 0 Å². The van der Waals surface area contributed by atoms with Crippen LogP contribution < -0.4 is 5.32 Å². The summed E-state index contributed by atoms with van der Waals surface area (Å²) >= 11 is 0. The molecule has 0 rings (SSSR count). The third kappa shape index (κ3) is 17.1. The lowest BCUT2D eigenvalue weighted by molar-refractivity contribution is -0.00136. The largest absolute Gasteiger partial charge is 0.450 e. The van der Waals surface area contributed by atoms with Crippen molar-refractivity contribution in [2.75, 3.05) is 66.0 Å². The summed E-state index contributed by atoms with van der Waals surface area (Å²) in [6, 6.07) is 0. The maximum atomic E-state index is 10.9. The summed E-state index contributed by atoms with van der Waals surface area (Å²) in [4.78, 5) is 10.9. The van der Waals surface area contributed by atoms with Crippen LogP contribution in [0, 0.1) is 0 Å². The molecule has 0 saturated carbocycles. The molecule has 7 nitrogen and oxygen atoms in total. The maximum absolute atomic E-state index is 10.9. The number of carbonyl (C=O) groups excluding carboxylic acids is 1. The van der Waals surface area contributed by atoms with E-state index in [-0.39, 0.29) is 0 Å². The van der Waals surface area contributed by atoms with E-state index in [0.717, 1.165) is 13.0 Å². The van der Waals surface area contributed by atoms with Crippen LogP contribution in [0.2, 0.25) is 0 Å². The zero-order valence-corrected chi connectivity index (χ0v) is 13.2. The van der Waals surface area contributed by atoms with Crippen molar-refractivity contribution < 1.29 is 28.5 Å². The van der Waals surface area contributed by atoms with Gasteiger partial charge in [-0.25, -0.2) is 4.79 Å². The molecule has 0 spiro atoms. The Morgan fingerprint density at radius 1 is 0.762 bits per heavy atom. The zero-order chi connectivity index (χ0) is 15.6. The first-order valence-corrected chi connectivity index (χ1v) is 7.52.